The van der Waals surface area contributed by atoms with Crippen LogP contribution in [-0.2, 0) is 13.0 Å². The molecule has 0 atom stereocenters. The standard InChI is InChI=1S/C18H14BrNO3/c19-14-6-7-17(23-12-13-4-2-1-3-5-13)15(10-14)16(21)11-18-20-8-9-22-18/h1-10H,11-12H2. The quantitative estimate of drug-likeness (QED) is 0.601. The minimum atomic E-state index is -0.100. The van der Waals surface area contributed by atoms with E-state index in [-0.39, 0.29) is 12.2 Å². The number of Topliss-reactive ketones (excluding diaryl/α,β-unsaturated/α-hetero) is 1. The highest BCUT2D eigenvalue weighted by atomic mass is 79.9. The number of rotatable bonds is 6. The van der Waals surface area contributed by atoms with Gasteiger partial charge in [-0.1, -0.05) is 46.3 Å². The number of aromatic nitrogens is 1. The van der Waals surface area contributed by atoms with Gasteiger partial charge in [-0.25, -0.2) is 4.98 Å². The zero-order valence-electron chi connectivity index (χ0n) is 12.2. The van der Waals surface area contributed by atoms with Crippen LogP contribution in [0.3, 0.4) is 0 Å². The second-order valence-corrected chi connectivity index (χ2v) is 5.86. The molecule has 0 N–H and O–H groups in total. The van der Waals surface area contributed by atoms with Crippen LogP contribution in [0, 0.1) is 0 Å². The van der Waals surface area contributed by atoms with E-state index in [1.54, 1.807) is 12.1 Å². The molecule has 0 aliphatic rings. The predicted octanol–water partition coefficient (Wildman–Crippen LogP) is 4.44. The second-order valence-electron chi connectivity index (χ2n) is 4.94. The summed E-state index contributed by atoms with van der Waals surface area (Å²) in [7, 11) is 0. The van der Waals surface area contributed by atoms with E-state index in [9.17, 15) is 4.79 Å². The van der Waals surface area contributed by atoms with Crippen molar-refractivity contribution in [3.8, 4) is 5.75 Å². The minimum absolute atomic E-state index is 0.100. The number of ketones is 1. The summed E-state index contributed by atoms with van der Waals surface area (Å²) in [5.74, 6) is 0.842. The van der Waals surface area contributed by atoms with Gasteiger partial charge in [-0.15, -0.1) is 0 Å². The van der Waals surface area contributed by atoms with Crippen LogP contribution >= 0.6 is 15.9 Å². The zero-order valence-corrected chi connectivity index (χ0v) is 13.8. The smallest absolute Gasteiger partial charge is 0.201 e. The van der Waals surface area contributed by atoms with E-state index in [0.29, 0.717) is 23.8 Å². The van der Waals surface area contributed by atoms with E-state index in [1.165, 1.54) is 12.5 Å². The Morgan fingerprint density at radius 2 is 2.00 bits per heavy atom. The monoisotopic (exact) mass is 371 g/mol. The molecule has 3 rings (SSSR count). The van der Waals surface area contributed by atoms with Gasteiger partial charge in [0.2, 0.25) is 5.89 Å². The lowest BCUT2D eigenvalue weighted by Gasteiger charge is -2.11. The average molecular weight is 372 g/mol. The lowest BCUT2D eigenvalue weighted by atomic mass is 10.1. The van der Waals surface area contributed by atoms with Gasteiger partial charge in [0.05, 0.1) is 18.2 Å². The molecule has 5 heteroatoms. The average Bonchev–Trinajstić information content (AvgIpc) is 3.07. The Balaban J connectivity index is 1.78. The fraction of sp³-hybridized carbons (Fsp3) is 0.111. The Morgan fingerprint density at radius 3 is 2.74 bits per heavy atom. The highest BCUT2D eigenvalue weighted by Gasteiger charge is 2.16. The number of ether oxygens (including phenoxy) is 1. The first-order chi connectivity index (χ1) is 11.2. The molecule has 1 heterocycles. The molecule has 116 valence electrons. The molecule has 0 unspecified atom stereocenters. The van der Waals surface area contributed by atoms with E-state index in [1.807, 2.05) is 36.4 Å². The largest absolute Gasteiger partial charge is 0.488 e. The van der Waals surface area contributed by atoms with Crippen LogP contribution in [0.25, 0.3) is 0 Å². The van der Waals surface area contributed by atoms with Crippen LogP contribution in [0.1, 0.15) is 21.8 Å². The van der Waals surface area contributed by atoms with Crippen molar-refractivity contribution in [1.82, 2.24) is 4.98 Å². The van der Waals surface area contributed by atoms with Gasteiger partial charge in [0.15, 0.2) is 5.78 Å². The molecule has 0 aliphatic heterocycles. The summed E-state index contributed by atoms with van der Waals surface area (Å²) in [5.41, 5.74) is 1.55. The van der Waals surface area contributed by atoms with Gasteiger partial charge >= 0.3 is 0 Å². The van der Waals surface area contributed by atoms with Crippen molar-refractivity contribution in [1.29, 1.82) is 0 Å². The first-order valence-electron chi connectivity index (χ1n) is 7.10. The number of nitrogens with zero attached hydrogens (tertiary/aromatic N) is 1. The van der Waals surface area contributed by atoms with Crippen LogP contribution in [0.15, 0.2) is 69.9 Å². The molecule has 0 bridgehead atoms. The maximum atomic E-state index is 12.5. The summed E-state index contributed by atoms with van der Waals surface area (Å²) < 4.78 is 11.8. The van der Waals surface area contributed by atoms with Crippen molar-refractivity contribution in [3.63, 3.8) is 0 Å². The second kappa shape index (κ2) is 7.24. The predicted molar refractivity (Wildman–Crippen MR) is 89.5 cm³/mol. The maximum absolute atomic E-state index is 12.5. The van der Waals surface area contributed by atoms with Crippen molar-refractivity contribution in [3.05, 3.63) is 82.5 Å². The summed E-state index contributed by atoms with van der Waals surface area (Å²) in [4.78, 5) is 16.5. The van der Waals surface area contributed by atoms with Gasteiger partial charge in [-0.3, -0.25) is 4.79 Å². The molecule has 4 nitrogen and oxygen atoms in total. The van der Waals surface area contributed by atoms with Crippen molar-refractivity contribution < 1.29 is 13.9 Å². The van der Waals surface area contributed by atoms with Gasteiger partial charge in [0.1, 0.15) is 18.6 Å². The minimum Gasteiger partial charge on any atom is -0.488 e. The van der Waals surface area contributed by atoms with E-state index < -0.39 is 0 Å². The van der Waals surface area contributed by atoms with E-state index in [0.717, 1.165) is 10.0 Å². The Hall–Kier alpha value is -2.40. The van der Waals surface area contributed by atoms with Gasteiger partial charge in [0.25, 0.3) is 0 Å². The van der Waals surface area contributed by atoms with Crippen LogP contribution in [0.2, 0.25) is 0 Å². The molecule has 0 saturated heterocycles. The lowest BCUT2D eigenvalue weighted by molar-refractivity contribution is 0.0981. The Bertz CT molecular complexity index is 785. The number of benzene rings is 2. The summed E-state index contributed by atoms with van der Waals surface area (Å²) in [6.45, 7) is 0.405. The Labute approximate surface area is 142 Å². The van der Waals surface area contributed by atoms with Gasteiger partial charge < -0.3 is 9.15 Å². The first-order valence-corrected chi connectivity index (χ1v) is 7.89. The fourth-order valence-corrected chi connectivity index (χ4v) is 2.52. The summed E-state index contributed by atoms with van der Waals surface area (Å²) >= 11 is 3.39. The SMILES string of the molecule is O=C(Cc1ncco1)c1cc(Br)ccc1OCc1ccccc1. The first kappa shape index (κ1) is 15.5. The van der Waals surface area contributed by atoms with Gasteiger partial charge in [-0.2, -0.15) is 0 Å². The summed E-state index contributed by atoms with van der Waals surface area (Å²) in [6, 6.07) is 15.2. The molecular formula is C18H14BrNO3. The third-order valence-electron chi connectivity index (χ3n) is 3.27. The number of halogens is 1. The molecule has 0 amide bonds. The number of carbonyl (C=O) groups is 1. The molecule has 2 aromatic carbocycles. The highest BCUT2D eigenvalue weighted by Crippen LogP contribution is 2.25. The number of hydrogen-bond donors (Lipinski definition) is 0. The van der Waals surface area contributed by atoms with E-state index in [2.05, 4.69) is 20.9 Å². The number of oxazole rings is 1. The molecule has 0 spiro atoms. The van der Waals surface area contributed by atoms with Crippen molar-refractivity contribution >= 4 is 21.7 Å². The third kappa shape index (κ3) is 4.07. The molecule has 0 fully saturated rings. The Kier molecular flexibility index (Phi) is 4.88. The van der Waals surface area contributed by atoms with Crippen molar-refractivity contribution in [2.24, 2.45) is 0 Å². The van der Waals surface area contributed by atoms with Crippen LogP contribution < -0.4 is 4.74 Å². The van der Waals surface area contributed by atoms with E-state index >= 15 is 0 Å². The zero-order chi connectivity index (χ0) is 16.1. The van der Waals surface area contributed by atoms with Crippen molar-refractivity contribution in [2.75, 3.05) is 0 Å². The highest BCUT2D eigenvalue weighted by molar-refractivity contribution is 9.10. The number of hydrogen-bond acceptors (Lipinski definition) is 4. The molecule has 0 saturated carbocycles. The van der Waals surface area contributed by atoms with Crippen LogP contribution in [-0.4, -0.2) is 10.8 Å². The van der Waals surface area contributed by atoms with E-state index in [4.69, 9.17) is 9.15 Å². The normalized spacial score (nSPS) is 10.5. The fourth-order valence-electron chi connectivity index (χ4n) is 2.15. The summed E-state index contributed by atoms with van der Waals surface area (Å²) in [5, 5.41) is 0. The van der Waals surface area contributed by atoms with Crippen LogP contribution in [0.4, 0.5) is 0 Å². The molecule has 1 aromatic heterocycles. The molecule has 0 aliphatic carbocycles. The topological polar surface area (TPSA) is 52.3 Å². The Morgan fingerprint density at radius 1 is 1.17 bits per heavy atom. The molecule has 23 heavy (non-hydrogen) atoms. The molecule has 3 aromatic rings. The maximum Gasteiger partial charge on any atom is 0.201 e. The lowest BCUT2D eigenvalue weighted by Crippen LogP contribution is -2.07. The van der Waals surface area contributed by atoms with Gasteiger partial charge in [0, 0.05) is 4.47 Å². The summed E-state index contributed by atoms with van der Waals surface area (Å²) in [6.07, 6.45) is 3.08. The van der Waals surface area contributed by atoms with Gasteiger partial charge in [-0.05, 0) is 23.8 Å². The van der Waals surface area contributed by atoms with Crippen molar-refractivity contribution in [2.45, 2.75) is 13.0 Å². The van der Waals surface area contributed by atoms with Crippen LogP contribution in [0.5, 0.6) is 5.75 Å². The molecular weight excluding hydrogens is 358 g/mol. The molecule has 0 radical (unpaired) electrons. The number of carbonyl (C=O) groups excluding carboxylic acids is 1. The third-order valence-corrected chi connectivity index (χ3v) is 3.77.